The second-order valence-electron chi connectivity index (χ2n) is 6.12. The molecule has 148 valence electrons. The van der Waals surface area contributed by atoms with E-state index in [0.29, 0.717) is 29.4 Å². The number of non-ortho nitro benzene ring substituents is 1. The van der Waals surface area contributed by atoms with Crippen molar-refractivity contribution in [1.29, 1.82) is 0 Å². The maximum Gasteiger partial charge on any atom is 0.271 e. The Morgan fingerprint density at radius 3 is 2.52 bits per heavy atom. The van der Waals surface area contributed by atoms with Gasteiger partial charge in [0.05, 0.1) is 11.5 Å². The number of benzene rings is 3. The predicted molar refractivity (Wildman–Crippen MR) is 109 cm³/mol. The molecule has 0 spiro atoms. The first-order valence-corrected chi connectivity index (χ1v) is 9.06. The third kappa shape index (κ3) is 5.32. The topological polar surface area (TPSA) is 90.7 Å². The highest BCUT2D eigenvalue weighted by Gasteiger charge is 2.13. The number of nitrogens with one attached hydrogen (secondary N) is 1. The van der Waals surface area contributed by atoms with E-state index in [2.05, 4.69) is 5.32 Å². The van der Waals surface area contributed by atoms with E-state index < -0.39 is 4.92 Å². The van der Waals surface area contributed by atoms with Gasteiger partial charge in [-0.1, -0.05) is 24.3 Å². The Labute approximate surface area is 168 Å². The first-order chi connectivity index (χ1) is 14.1. The van der Waals surface area contributed by atoms with Gasteiger partial charge in [-0.3, -0.25) is 14.9 Å². The van der Waals surface area contributed by atoms with E-state index in [-0.39, 0.29) is 18.2 Å². The third-order valence-electron chi connectivity index (χ3n) is 4.07. The van der Waals surface area contributed by atoms with Gasteiger partial charge in [0.25, 0.3) is 11.6 Å². The summed E-state index contributed by atoms with van der Waals surface area (Å²) in [6, 6.07) is 20.2. The molecule has 0 bridgehead atoms. The van der Waals surface area contributed by atoms with Gasteiger partial charge >= 0.3 is 0 Å². The normalized spacial score (nSPS) is 10.2. The maximum absolute atomic E-state index is 12.6. The Hall–Kier alpha value is -3.87. The van der Waals surface area contributed by atoms with E-state index >= 15 is 0 Å². The summed E-state index contributed by atoms with van der Waals surface area (Å²) in [6.45, 7) is 2.60. The third-order valence-corrected chi connectivity index (χ3v) is 4.07. The lowest BCUT2D eigenvalue weighted by molar-refractivity contribution is -0.384. The number of para-hydroxylation sites is 1. The molecular formula is C22H20N2O5. The molecule has 0 aliphatic heterocycles. The standard InChI is InChI=1S/C22H20N2O5/c1-2-28-21-12-11-16(13-17(21)15-29-20-9-4-3-5-10-20)22(25)23-18-7-6-8-19(14-18)24(26)27/h3-14H,2,15H2,1H3,(H,23,25). The molecule has 0 saturated heterocycles. The summed E-state index contributed by atoms with van der Waals surface area (Å²) in [4.78, 5) is 23.0. The summed E-state index contributed by atoms with van der Waals surface area (Å²) < 4.78 is 11.4. The van der Waals surface area contributed by atoms with E-state index in [9.17, 15) is 14.9 Å². The van der Waals surface area contributed by atoms with Crippen LogP contribution in [0.4, 0.5) is 11.4 Å². The van der Waals surface area contributed by atoms with Crippen molar-refractivity contribution in [3.8, 4) is 11.5 Å². The van der Waals surface area contributed by atoms with Gasteiger partial charge in [-0.25, -0.2) is 0 Å². The lowest BCUT2D eigenvalue weighted by Crippen LogP contribution is -2.13. The fourth-order valence-electron chi connectivity index (χ4n) is 2.71. The van der Waals surface area contributed by atoms with E-state index in [0.717, 1.165) is 5.56 Å². The van der Waals surface area contributed by atoms with Crippen molar-refractivity contribution in [3.05, 3.63) is 94.0 Å². The van der Waals surface area contributed by atoms with Crippen molar-refractivity contribution in [2.45, 2.75) is 13.5 Å². The smallest absolute Gasteiger partial charge is 0.271 e. The highest BCUT2D eigenvalue weighted by molar-refractivity contribution is 6.04. The molecule has 0 saturated carbocycles. The van der Waals surface area contributed by atoms with Crippen LogP contribution in [0, 0.1) is 10.1 Å². The van der Waals surface area contributed by atoms with E-state index in [1.165, 1.54) is 18.2 Å². The van der Waals surface area contributed by atoms with Gasteiger partial charge < -0.3 is 14.8 Å². The van der Waals surface area contributed by atoms with Crippen LogP contribution in [0.3, 0.4) is 0 Å². The number of nitro benzene ring substituents is 1. The largest absolute Gasteiger partial charge is 0.493 e. The van der Waals surface area contributed by atoms with Crippen LogP contribution in [0.2, 0.25) is 0 Å². The van der Waals surface area contributed by atoms with Crippen LogP contribution >= 0.6 is 0 Å². The van der Waals surface area contributed by atoms with Crippen molar-refractivity contribution in [2.24, 2.45) is 0 Å². The zero-order valence-corrected chi connectivity index (χ0v) is 15.8. The average Bonchev–Trinajstić information content (AvgIpc) is 2.74. The molecule has 0 unspecified atom stereocenters. The monoisotopic (exact) mass is 392 g/mol. The Morgan fingerprint density at radius 1 is 1.00 bits per heavy atom. The quantitative estimate of drug-likeness (QED) is 0.438. The van der Waals surface area contributed by atoms with Gasteiger partial charge in [0, 0.05) is 28.9 Å². The number of nitro groups is 1. The van der Waals surface area contributed by atoms with E-state index in [1.54, 1.807) is 24.3 Å². The fourth-order valence-corrected chi connectivity index (χ4v) is 2.71. The minimum absolute atomic E-state index is 0.0913. The minimum atomic E-state index is -0.508. The molecule has 7 heteroatoms. The maximum atomic E-state index is 12.6. The van der Waals surface area contributed by atoms with Crippen LogP contribution < -0.4 is 14.8 Å². The Morgan fingerprint density at radius 2 is 1.79 bits per heavy atom. The summed E-state index contributed by atoms with van der Waals surface area (Å²) in [5, 5.41) is 13.6. The van der Waals surface area contributed by atoms with Crippen LogP contribution in [0.1, 0.15) is 22.8 Å². The lowest BCUT2D eigenvalue weighted by atomic mass is 10.1. The number of rotatable bonds is 8. The molecule has 0 heterocycles. The number of hydrogen-bond donors (Lipinski definition) is 1. The predicted octanol–water partition coefficient (Wildman–Crippen LogP) is 4.82. The van der Waals surface area contributed by atoms with E-state index in [4.69, 9.17) is 9.47 Å². The molecule has 1 N–H and O–H groups in total. The molecule has 7 nitrogen and oxygen atoms in total. The van der Waals surface area contributed by atoms with Crippen LogP contribution in [0.25, 0.3) is 0 Å². The van der Waals surface area contributed by atoms with Crippen molar-refractivity contribution >= 4 is 17.3 Å². The number of anilines is 1. The molecule has 0 aliphatic rings. The van der Waals surface area contributed by atoms with Gasteiger partial charge in [0.2, 0.25) is 0 Å². The van der Waals surface area contributed by atoms with Gasteiger partial charge in [0.15, 0.2) is 0 Å². The molecule has 0 aromatic heterocycles. The molecule has 3 rings (SSSR count). The van der Waals surface area contributed by atoms with E-state index in [1.807, 2.05) is 37.3 Å². The van der Waals surface area contributed by atoms with Gasteiger partial charge in [-0.15, -0.1) is 0 Å². The van der Waals surface area contributed by atoms with Gasteiger partial charge in [-0.05, 0) is 43.3 Å². The summed E-state index contributed by atoms with van der Waals surface area (Å²) in [5.41, 5.74) is 1.38. The molecule has 3 aromatic carbocycles. The van der Waals surface area contributed by atoms with Crippen LogP contribution in [-0.2, 0) is 6.61 Å². The number of hydrogen-bond acceptors (Lipinski definition) is 5. The number of amides is 1. The molecular weight excluding hydrogens is 372 g/mol. The molecule has 0 radical (unpaired) electrons. The van der Waals surface area contributed by atoms with Crippen molar-refractivity contribution in [3.63, 3.8) is 0 Å². The molecule has 29 heavy (non-hydrogen) atoms. The zero-order chi connectivity index (χ0) is 20.6. The summed E-state index contributed by atoms with van der Waals surface area (Å²) in [5.74, 6) is 0.964. The summed E-state index contributed by atoms with van der Waals surface area (Å²) >= 11 is 0. The Bertz CT molecular complexity index is 1010. The van der Waals surface area contributed by atoms with Crippen LogP contribution in [0.5, 0.6) is 11.5 Å². The Balaban J connectivity index is 1.78. The molecule has 3 aromatic rings. The highest BCUT2D eigenvalue weighted by Crippen LogP contribution is 2.24. The SMILES string of the molecule is CCOc1ccc(C(=O)Nc2cccc([N+](=O)[O-])c2)cc1COc1ccccc1. The first-order valence-electron chi connectivity index (χ1n) is 9.06. The lowest BCUT2D eigenvalue weighted by Gasteiger charge is -2.13. The summed E-state index contributed by atoms with van der Waals surface area (Å²) in [6.07, 6.45) is 0. The fraction of sp³-hybridized carbons (Fsp3) is 0.136. The summed E-state index contributed by atoms with van der Waals surface area (Å²) in [7, 11) is 0. The van der Waals surface area contributed by atoms with Crippen molar-refractivity contribution in [1.82, 2.24) is 0 Å². The second-order valence-corrected chi connectivity index (χ2v) is 6.12. The number of carbonyl (C=O) groups excluding carboxylic acids is 1. The highest BCUT2D eigenvalue weighted by atomic mass is 16.6. The molecule has 0 aliphatic carbocycles. The number of nitrogens with zero attached hydrogens (tertiary/aromatic N) is 1. The molecule has 0 fully saturated rings. The van der Waals surface area contributed by atoms with Crippen molar-refractivity contribution in [2.75, 3.05) is 11.9 Å². The second kappa shape index (κ2) is 9.36. The average molecular weight is 392 g/mol. The van der Waals surface area contributed by atoms with Crippen LogP contribution in [-0.4, -0.2) is 17.4 Å². The van der Waals surface area contributed by atoms with Crippen molar-refractivity contribution < 1.29 is 19.2 Å². The van der Waals surface area contributed by atoms with Gasteiger partial charge in [0.1, 0.15) is 18.1 Å². The van der Waals surface area contributed by atoms with Gasteiger partial charge in [-0.2, -0.15) is 0 Å². The first kappa shape index (κ1) is 19.9. The molecule has 1 amide bonds. The number of ether oxygens (including phenoxy) is 2. The minimum Gasteiger partial charge on any atom is -0.493 e. The molecule has 0 atom stereocenters. The Kier molecular flexibility index (Phi) is 6.42. The number of carbonyl (C=O) groups is 1. The zero-order valence-electron chi connectivity index (χ0n) is 15.8. The van der Waals surface area contributed by atoms with Crippen LogP contribution in [0.15, 0.2) is 72.8 Å².